The molecule has 8 heteroatoms. The first-order chi connectivity index (χ1) is 12.5. The lowest BCUT2D eigenvalue weighted by Gasteiger charge is -2.36. The van der Waals surface area contributed by atoms with Gasteiger partial charge in [-0.15, -0.1) is 0 Å². The molecule has 0 radical (unpaired) electrons. The van der Waals surface area contributed by atoms with Crippen LogP contribution in [-0.2, 0) is 10.0 Å². The van der Waals surface area contributed by atoms with Gasteiger partial charge in [-0.3, -0.25) is 4.90 Å². The summed E-state index contributed by atoms with van der Waals surface area (Å²) >= 11 is 0. The van der Waals surface area contributed by atoms with E-state index in [0.717, 1.165) is 38.3 Å². The van der Waals surface area contributed by atoms with Crippen LogP contribution in [0.4, 0.5) is 14.5 Å². The maximum absolute atomic E-state index is 13.6. The van der Waals surface area contributed by atoms with E-state index < -0.39 is 26.6 Å². The number of rotatable bonds is 6. The molecule has 140 valence electrons. The Hall–Kier alpha value is -2.03. The quantitative estimate of drug-likeness (QED) is 0.832. The molecule has 3 rings (SSSR count). The third kappa shape index (κ3) is 4.57. The standard InChI is InChI=1S/C18H21F2N3O2S/c19-15-6-7-17(20)18(14-15)26(24,25)21-8-9-22-10-12-23(13-11-22)16-4-2-1-3-5-16/h1-7,14,21H,8-13H2. The zero-order valence-corrected chi connectivity index (χ0v) is 15.1. The number of sulfonamides is 1. The van der Waals surface area contributed by atoms with Gasteiger partial charge in [-0.25, -0.2) is 21.9 Å². The second-order valence-electron chi connectivity index (χ2n) is 6.14. The van der Waals surface area contributed by atoms with Gasteiger partial charge in [0.2, 0.25) is 10.0 Å². The highest BCUT2D eigenvalue weighted by Gasteiger charge is 2.21. The van der Waals surface area contributed by atoms with Crippen molar-refractivity contribution in [1.82, 2.24) is 9.62 Å². The third-order valence-corrected chi connectivity index (χ3v) is 5.87. The Kier molecular flexibility index (Phi) is 5.85. The third-order valence-electron chi connectivity index (χ3n) is 4.40. The van der Waals surface area contributed by atoms with Crippen LogP contribution >= 0.6 is 0 Å². The zero-order chi connectivity index (χ0) is 18.6. The van der Waals surface area contributed by atoms with Crippen LogP contribution in [0, 0.1) is 11.6 Å². The molecule has 0 saturated carbocycles. The topological polar surface area (TPSA) is 52.7 Å². The van der Waals surface area contributed by atoms with Gasteiger partial charge in [0.25, 0.3) is 0 Å². The second-order valence-corrected chi connectivity index (χ2v) is 7.87. The van der Waals surface area contributed by atoms with Gasteiger partial charge in [0, 0.05) is 45.0 Å². The van der Waals surface area contributed by atoms with E-state index in [0.29, 0.717) is 12.6 Å². The number of nitrogens with one attached hydrogen (secondary N) is 1. The molecule has 1 N–H and O–H groups in total. The van der Waals surface area contributed by atoms with Crippen molar-refractivity contribution in [3.05, 3.63) is 60.2 Å². The van der Waals surface area contributed by atoms with E-state index in [1.807, 2.05) is 18.2 Å². The molecule has 0 amide bonds. The molecule has 1 aliphatic heterocycles. The van der Waals surface area contributed by atoms with Gasteiger partial charge in [-0.2, -0.15) is 0 Å². The van der Waals surface area contributed by atoms with E-state index in [9.17, 15) is 17.2 Å². The number of hydrogen-bond donors (Lipinski definition) is 1. The summed E-state index contributed by atoms with van der Waals surface area (Å²) in [6.45, 7) is 3.99. The lowest BCUT2D eigenvalue weighted by Crippen LogP contribution is -2.48. The van der Waals surface area contributed by atoms with Crippen LogP contribution in [0.2, 0.25) is 0 Å². The Labute approximate surface area is 152 Å². The van der Waals surface area contributed by atoms with Crippen LogP contribution in [-0.4, -0.2) is 52.6 Å². The van der Waals surface area contributed by atoms with Gasteiger partial charge in [-0.05, 0) is 30.3 Å². The van der Waals surface area contributed by atoms with Crippen molar-refractivity contribution in [2.24, 2.45) is 0 Å². The highest BCUT2D eigenvalue weighted by molar-refractivity contribution is 7.89. The largest absolute Gasteiger partial charge is 0.369 e. The first-order valence-electron chi connectivity index (χ1n) is 8.43. The minimum atomic E-state index is -4.07. The highest BCUT2D eigenvalue weighted by Crippen LogP contribution is 2.16. The average molecular weight is 381 g/mol. The van der Waals surface area contributed by atoms with Crippen molar-refractivity contribution in [2.75, 3.05) is 44.2 Å². The summed E-state index contributed by atoms with van der Waals surface area (Å²) in [5.74, 6) is -1.75. The van der Waals surface area contributed by atoms with Crippen molar-refractivity contribution in [1.29, 1.82) is 0 Å². The fourth-order valence-corrected chi connectivity index (χ4v) is 4.08. The maximum atomic E-state index is 13.6. The molecule has 0 unspecified atom stereocenters. The molecule has 1 saturated heterocycles. The lowest BCUT2D eigenvalue weighted by atomic mass is 10.2. The molecule has 0 spiro atoms. The summed E-state index contributed by atoms with van der Waals surface area (Å²) in [4.78, 5) is 3.76. The van der Waals surface area contributed by atoms with Gasteiger partial charge in [0.15, 0.2) is 0 Å². The van der Waals surface area contributed by atoms with Crippen LogP contribution in [0.3, 0.4) is 0 Å². The summed E-state index contributed by atoms with van der Waals surface area (Å²) < 4.78 is 53.5. The minimum Gasteiger partial charge on any atom is -0.369 e. The van der Waals surface area contributed by atoms with Gasteiger partial charge in [0.1, 0.15) is 16.5 Å². The average Bonchev–Trinajstić information content (AvgIpc) is 2.65. The van der Waals surface area contributed by atoms with Gasteiger partial charge in [-0.1, -0.05) is 18.2 Å². The van der Waals surface area contributed by atoms with E-state index in [2.05, 4.69) is 26.7 Å². The zero-order valence-electron chi connectivity index (χ0n) is 14.2. The van der Waals surface area contributed by atoms with Crippen molar-refractivity contribution in [3.8, 4) is 0 Å². The summed E-state index contributed by atoms with van der Waals surface area (Å²) in [5, 5.41) is 0. The predicted molar refractivity (Wildman–Crippen MR) is 96.6 cm³/mol. The Bertz CT molecular complexity index is 839. The first kappa shape index (κ1) is 18.8. The first-order valence-corrected chi connectivity index (χ1v) is 9.91. The number of hydrogen-bond acceptors (Lipinski definition) is 4. The number of nitrogens with zero attached hydrogens (tertiary/aromatic N) is 2. The number of piperazine rings is 1. The summed E-state index contributed by atoms with van der Waals surface area (Å²) in [5.41, 5.74) is 1.18. The predicted octanol–water partition coefficient (Wildman–Crippen LogP) is 2.07. The smallest absolute Gasteiger partial charge is 0.243 e. The molecule has 0 atom stereocenters. The van der Waals surface area contributed by atoms with Crippen molar-refractivity contribution >= 4 is 15.7 Å². The molecule has 5 nitrogen and oxygen atoms in total. The molecule has 2 aromatic rings. The van der Waals surface area contributed by atoms with E-state index in [4.69, 9.17) is 0 Å². The van der Waals surface area contributed by atoms with Crippen molar-refractivity contribution < 1.29 is 17.2 Å². The van der Waals surface area contributed by atoms with E-state index in [-0.39, 0.29) is 6.54 Å². The van der Waals surface area contributed by atoms with Crippen LogP contribution in [0.15, 0.2) is 53.4 Å². The highest BCUT2D eigenvalue weighted by atomic mass is 32.2. The second kappa shape index (κ2) is 8.11. The van der Waals surface area contributed by atoms with Crippen LogP contribution < -0.4 is 9.62 Å². The van der Waals surface area contributed by atoms with Gasteiger partial charge < -0.3 is 4.90 Å². The fraction of sp³-hybridized carbons (Fsp3) is 0.333. The molecule has 1 fully saturated rings. The van der Waals surface area contributed by atoms with Crippen molar-refractivity contribution in [2.45, 2.75) is 4.90 Å². The van der Waals surface area contributed by atoms with Crippen LogP contribution in [0.5, 0.6) is 0 Å². The Morgan fingerprint density at radius 2 is 1.65 bits per heavy atom. The molecule has 0 bridgehead atoms. The maximum Gasteiger partial charge on any atom is 0.243 e. The van der Waals surface area contributed by atoms with E-state index in [1.54, 1.807) is 0 Å². The molecular formula is C18H21F2N3O2S. The normalized spacial score (nSPS) is 16.0. The molecule has 0 aromatic heterocycles. The lowest BCUT2D eigenvalue weighted by molar-refractivity contribution is 0.262. The molecule has 1 aliphatic rings. The molecule has 0 aliphatic carbocycles. The van der Waals surface area contributed by atoms with Gasteiger partial charge >= 0.3 is 0 Å². The number of para-hydroxylation sites is 1. The van der Waals surface area contributed by atoms with Gasteiger partial charge in [0.05, 0.1) is 0 Å². The van der Waals surface area contributed by atoms with E-state index in [1.165, 1.54) is 5.69 Å². The summed E-state index contributed by atoms with van der Waals surface area (Å²) in [6, 6.07) is 12.5. The summed E-state index contributed by atoms with van der Waals surface area (Å²) in [6.07, 6.45) is 0. The number of anilines is 1. The summed E-state index contributed by atoms with van der Waals surface area (Å²) in [7, 11) is -4.07. The van der Waals surface area contributed by atoms with E-state index >= 15 is 0 Å². The SMILES string of the molecule is O=S(=O)(NCCN1CCN(c2ccccc2)CC1)c1cc(F)ccc1F. The van der Waals surface area contributed by atoms with Crippen molar-refractivity contribution in [3.63, 3.8) is 0 Å². The number of halogens is 2. The minimum absolute atomic E-state index is 0.142. The fourth-order valence-electron chi connectivity index (χ4n) is 2.97. The van der Waals surface area contributed by atoms with Crippen LogP contribution in [0.25, 0.3) is 0 Å². The Balaban J connectivity index is 1.49. The monoisotopic (exact) mass is 381 g/mol. The number of benzene rings is 2. The molecule has 26 heavy (non-hydrogen) atoms. The van der Waals surface area contributed by atoms with Crippen LogP contribution in [0.1, 0.15) is 0 Å². The Morgan fingerprint density at radius 3 is 2.35 bits per heavy atom. The Morgan fingerprint density at radius 1 is 0.962 bits per heavy atom. The molecule has 2 aromatic carbocycles. The molecular weight excluding hydrogens is 360 g/mol. The molecule has 1 heterocycles.